The van der Waals surface area contributed by atoms with Crippen molar-refractivity contribution in [2.75, 3.05) is 24.5 Å². The summed E-state index contributed by atoms with van der Waals surface area (Å²) in [5.74, 6) is 1.07. The van der Waals surface area contributed by atoms with Crippen molar-refractivity contribution in [1.29, 1.82) is 0 Å². The Kier molecular flexibility index (Phi) is 4.64. The molecule has 1 N–H and O–H groups in total. The molecule has 3 aliphatic rings. The van der Waals surface area contributed by atoms with E-state index in [-0.39, 0.29) is 6.09 Å². The van der Waals surface area contributed by atoms with E-state index >= 15 is 0 Å². The van der Waals surface area contributed by atoms with Gasteiger partial charge >= 0.3 is 6.09 Å². The van der Waals surface area contributed by atoms with E-state index in [1.807, 2.05) is 35.2 Å². The molecule has 2 aromatic rings. The number of pyridine rings is 1. The van der Waals surface area contributed by atoms with Gasteiger partial charge in [-0.2, -0.15) is 0 Å². The number of anilines is 1. The van der Waals surface area contributed by atoms with Gasteiger partial charge in [0.1, 0.15) is 12.4 Å². The number of ether oxygens (including phenoxy) is 1. The summed E-state index contributed by atoms with van der Waals surface area (Å²) in [4.78, 5) is 21.9. The molecule has 3 aliphatic heterocycles. The van der Waals surface area contributed by atoms with Crippen molar-refractivity contribution in [1.82, 2.24) is 15.2 Å². The van der Waals surface area contributed by atoms with Gasteiger partial charge in [-0.1, -0.05) is 36.4 Å². The van der Waals surface area contributed by atoms with Crippen LogP contribution in [0.3, 0.4) is 0 Å². The molecule has 1 aromatic heterocycles. The Labute approximate surface area is 165 Å². The van der Waals surface area contributed by atoms with Crippen molar-refractivity contribution < 1.29 is 9.53 Å². The van der Waals surface area contributed by atoms with E-state index < -0.39 is 0 Å². The van der Waals surface area contributed by atoms with Crippen molar-refractivity contribution in [3.63, 3.8) is 0 Å². The van der Waals surface area contributed by atoms with Crippen LogP contribution < -0.4 is 10.2 Å². The minimum atomic E-state index is -0.204. The monoisotopic (exact) mass is 378 g/mol. The first kappa shape index (κ1) is 17.5. The summed E-state index contributed by atoms with van der Waals surface area (Å²) in [5, 5.41) is 3.40. The third kappa shape index (κ3) is 3.33. The molecule has 28 heavy (non-hydrogen) atoms. The molecule has 0 radical (unpaired) electrons. The predicted octanol–water partition coefficient (Wildman–Crippen LogP) is 2.72. The largest absolute Gasteiger partial charge is 0.445 e. The summed E-state index contributed by atoms with van der Waals surface area (Å²) in [6.07, 6.45) is 3.00. The molecule has 5 rings (SSSR count). The van der Waals surface area contributed by atoms with E-state index in [0.717, 1.165) is 43.7 Å². The highest BCUT2D eigenvalue weighted by Gasteiger charge is 2.42. The summed E-state index contributed by atoms with van der Waals surface area (Å²) in [6.45, 7) is 3.67. The fourth-order valence-corrected chi connectivity index (χ4v) is 4.71. The maximum Gasteiger partial charge on any atom is 0.410 e. The molecule has 6 nitrogen and oxygen atoms in total. The van der Waals surface area contributed by atoms with Crippen LogP contribution in [0, 0.1) is 0 Å². The molecule has 6 heteroatoms. The van der Waals surface area contributed by atoms with Crippen molar-refractivity contribution in [2.45, 2.75) is 44.5 Å². The number of fused-ring (bicyclic) bond motifs is 3. The molecular formula is C22H26N4O2. The van der Waals surface area contributed by atoms with Crippen LogP contribution in [0.4, 0.5) is 10.6 Å². The zero-order chi connectivity index (χ0) is 18.9. The molecule has 2 bridgehead atoms. The van der Waals surface area contributed by atoms with Crippen LogP contribution in [0.15, 0.2) is 42.5 Å². The summed E-state index contributed by atoms with van der Waals surface area (Å²) < 4.78 is 5.55. The number of piperazine rings is 1. The average Bonchev–Trinajstić information content (AvgIpc) is 3.01. The fraction of sp³-hybridized carbons (Fsp3) is 0.455. The van der Waals surface area contributed by atoms with Crippen molar-refractivity contribution in [3.05, 3.63) is 59.3 Å². The van der Waals surface area contributed by atoms with Gasteiger partial charge in [0.15, 0.2) is 0 Å². The normalized spacial score (nSPS) is 23.4. The third-order valence-corrected chi connectivity index (χ3v) is 6.12. The lowest BCUT2D eigenvalue weighted by Crippen LogP contribution is -2.55. The molecule has 4 heterocycles. The molecule has 1 amide bonds. The Morgan fingerprint density at radius 1 is 1.11 bits per heavy atom. The van der Waals surface area contributed by atoms with E-state index in [1.165, 1.54) is 11.3 Å². The number of carbonyl (C=O) groups excluding carboxylic acids is 1. The summed E-state index contributed by atoms with van der Waals surface area (Å²) in [6, 6.07) is 14.9. The van der Waals surface area contributed by atoms with E-state index in [1.54, 1.807) is 0 Å². The lowest BCUT2D eigenvalue weighted by Gasteiger charge is -2.41. The number of amides is 1. The number of aromatic nitrogens is 1. The second kappa shape index (κ2) is 7.43. The predicted molar refractivity (Wildman–Crippen MR) is 107 cm³/mol. The number of benzene rings is 1. The highest BCUT2D eigenvalue weighted by Crippen LogP contribution is 2.34. The topological polar surface area (TPSA) is 57.7 Å². The van der Waals surface area contributed by atoms with Crippen LogP contribution in [0.5, 0.6) is 0 Å². The van der Waals surface area contributed by atoms with Gasteiger partial charge in [-0.25, -0.2) is 9.78 Å². The van der Waals surface area contributed by atoms with Gasteiger partial charge in [0.2, 0.25) is 0 Å². The maximum absolute atomic E-state index is 12.6. The molecule has 2 fully saturated rings. The van der Waals surface area contributed by atoms with E-state index in [4.69, 9.17) is 9.72 Å². The van der Waals surface area contributed by atoms with Gasteiger partial charge in [0.25, 0.3) is 0 Å². The number of nitrogens with zero attached hydrogens (tertiary/aromatic N) is 3. The quantitative estimate of drug-likeness (QED) is 0.890. The smallest absolute Gasteiger partial charge is 0.410 e. The Morgan fingerprint density at radius 3 is 2.68 bits per heavy atom. The molecule has 2 unspecified atom stereocenters. The Morgan fingerprint density at radius 2 is 1.89 bits per heavy atom. The zero-order valence-electron chi connectivity index (χ0n) is 16.0. The second-order valence-electron chi connectivity index (χ2n) is 7.94. The van der Waals surface area contributed by atoms with Crippen LogP contribution >= 0.6 is 0 Å². The van der Waals surface area contributed by atoms with E-state index in [2.05, 4.69) is 22.3 Å². The first-order valence-electron chi connectivity index (χ1n) is 10.2. The highest BCUT2D eigenvalue weighted by atomic mass is 16.6. The molecule has 2 atom stereocenters. The molecule has 1 aromatic carbocycles. The number of carbonyl (C=O) groups is 1. The van der Waals surface area contributed by atoms with Gasteiger partial charge < -0.3 is 19.9 Å². The van der Waals surface area contributed by atoms with Crippen molar-refractivity contribution >= 4 is 11.9 Å². The molecule has 0 saturated carbocycles. The lowest BCUT2D eigenvalue weighted by molar-refractivity contribution is 0.0880. The molecule has 0 spiro atoms. The summed E-state index contributed by atoms with van der Waals surface area (Å²) >= 11 is 0. The first-order chi connectivity index (χ1) is 13.8. The van der Waals surface area contributed by atoms with Gasteiger partial charge in [-0.05, 0) is 30.0 Å². The van der Waals surface area contributed by atoms with Gasteiger partial charge in [0.05, 0.1) is 0 Å². The highest BCUT2D eigenvalue weighted by molar-refractivity contribution is 5.68. The van der Waals surface area contributed by atoms with Gasteiger partial charge in [-0.3, -0.25) is 0 Å². The lowest BCUT2D eigenvalue weighted by atomic mass is 10.1. The van der Waals surface area contributed by atoms with Gasteiger partial charge in [-0.15, -0.1) is 0 Å². The second-order valence-corrected chi connectivity index (χ2v) is 7.94. The van der Waals surface area contributed by atoms with E-state index in [0.29, 0.717) is 31.8 Å². The van der Waals surface area contributed by atoms with Crippen molar-refractivity contribution in [2.24, 2.45) is 0 Å². The van der Waals surface area contributed by atoms with Crippen LogP contribution in [-0.2, 0) is 24.3 Å². The molecule has 0 aliphatic carbocycles. The van der Waals surface area contributed by atoms with E-state index in [9.17, 15) is 4.79 Å². The third-order valence-electron chi connectivity index (χ3n) is 6.12. The molecule has 146 valence electrons. The summed E-state index contributed by atoms with van der Waals surface area (Å²) in [7, 11) is 0. The van der Waals surface area contributed by atoms with Crippen LogP contribution in [0.2, 0.25) is 0 Å². The zero-order valence-corrected chi connectivity index (χ0v) is 16.0. The number of likely N-dealkylation sites (tertiary alicyclic amines) is 1. The SMILES string of the molecule is O=C(OCc1ccccc1)N1CC2CCC(C1)N2c1ccc2c(n1)CCNC2. The van der Waals surface area contributed by atoms with Gasteiger partial charge in [0, 0.05) is 50.4 Å². The fourth-order valence-electron chi connectivity index (χ4n) is 4.71. The number of hydrogen-bond donors (Lipinski definition) is 1. The Balaban J connectivity index is 1.25. The minimum Gasteiger partial charge on any atom is -0.445 e. The number of hydrogen-bond acceptors (Lipinski definition) is 5. The average molecular weight is 378 g/mol. The standard InChI is InChI=1S/C22H26N4O2/c27-22(28-15-16-4-2-1-3-5-16)25-13-18-7-8-19(14-25)26(18)21-9-6-17-12-23-11-10-20(17)24-21/h1-6,9,18-19,23H,7-8,10-15H2. The first-order valence-corrected chi connectivity index (χ1v) is 10.2. The minimum absolute atomic E-state index is 0.204. The van der Waals surface area contributed by atoms with Crippen LogP contribution in [0.25, 0.3) is 0 Å². The molecule has 2 saturated heterocycles. The van der Waals surface area contributed by atoms with Crippen molar-refractivity contribution in [3.8, 4) is 0 Å². The maximum atomic E-state index is 12.6. The number of nitrogens with one attached hydrogen (secondary N) is 1. The van der Waals surface area contributed by atoms with Crippen LogP contribution in [-0.4, -0.2) is 47.7 Å². The number of rotatable bonds is 3. The Hall–Kier alpha value is -2.60. The summed E-state index contributed by atoms with van der Waals surface area (Å²) in [5.41, 5.74) is 3.55. The molecular weight excluding hydrogens is 352 g/mol. The van der Waals surface area contributed by atoms with Crippen LogP contribution in [0.1, 0.15) is 29.7 Å². The Bertz CT molecular complexity index is 843.